The average Bonchev–Trinajstić information content (AvgIpc) is 3.13. The van der Waals surface area contributed by atoms with Crippen LogP contribution in [0.3, 0.4) is 0 Å². The number of imidazole rings is 1. The molecule has 2 aromatic carbocycles. The second kappa shape index (κ2) is 8.00. The van der Waals surface area contributed by atoms with Crippen molar-refractivity contribution >= 4 is 29.1 Å². The van der Waals surface area contributed by atoms with Crippen LogP contribution in [0.5, 0.6) is 0 Å². The van der Waals surface area contributed by atoms with Gasteiger partial charge in [-0.2, -0.15) is 0 Å². The van der Waals surface area contributed by atoms with E-state index < -0.39 is 4.92 Å². The van der Waals surface area contributed by atoms with Crippen LogP contribution in [-0.4, -0.2) is 20.2 Å². The van der Waals surface area contributed by atoms with Crippen molar-refractivity contribution in [1.82, 2.24) is 9.38 Å². The number of nitro groups is 1. The Kier molecular flexibility index (Phi) is 5.09. The Morgan fingerprint density at radius 1 is 1.07 bits per heavy atom. The minimum Gasteiger partial charge on any atom is -0.306 e. The fourth-order valence-electron chi connectivity index (χ4n) is 3.16. The van der Waals surface area contributed by atoms with Crippen LogP contribution in [0.2, 0.25) is 0 Å². The summed E-state index contributed by atoms with van der Waals surface area (Å²) in [5.41, 5.74) is 4.04. The highest BCUT2D eigenvalue weighted by molar-refractivity contribution is 6.03. The standard InChI is InChI=1S/C23H18N4O3/c1-16-6-5-15-26-22(16)25-21(18-7-3-2-4-8-18)23(26)24-20(28)14-11-17-9-12-19(13-10-17)27(29)30/h2-15H,1H3,(H,24,28)/b14-11+. The first-order valence-electron chi connectivity index (χ1n) is 9.29. The largest absolute Gasteiger partial charge is 0.306 e. The minimum atomic E-state index is -0.460. The molecule has 0 bridgehead atoms. The number of aromatic nitrogens is 2. The zero-order valence-electron chi connectivity index (χ0n) is 16.1. The molecule has 0 aliphatic heterocycles. The van der Waals surface area contributed by atoms with Crippen LogP contribution >= 0.6 is 0 Å². The van der Waals surface area contributed by atoms with Gasteiger partial charge in [0.25, 0.3) is 5.69 Å². The van der Waals surface area contributed by atoms with Crippen molar-refractivity contribution in [1.29, 1.82) is 0 Å². The molecule has 1 N–H and O–H groups in total. The number of fused-ring (bicyclic) bond motifs is 1. The summed E-state index contributed by atoms with van der Waals surface area (Å²) >= 11 is 0. The molecule has 7 nitrogen and oxygen atoms in total. The van der Waals surface area contributed by atoms with Gasteiger partial charge in [-0.3, -0.25) is 19.3 Å². The highest BCUT2D eigenvalue weighted by Gasteiger charge is 2.16. The summed E-state index contributed by atoms with van der Waals surface area (Å²) in [6.45, 7) is 1.97. The van der Waals surface area contributed by atoms with E-state index in [2.05, 4.69) is 5.32 Å². The molecule has 4 aromatic rings. The Balaban J connectivity index is 1.65. The molecule has 0 aliphatic rings. The van der Waals surface area contributed by atoms with E-state index in [1.54, 1.807) is 18.2 Å². The number of amides is 1. The summed E-state index contributed by atoms with van der Waals surface area (Å²) in [6, 6.07) is 19.5. The van der Waals surface area contributed by atoms with Crippen LogP contribution in [0.1, 0.15) is 11.1 Å². The van der Waals surface area contributed by atoms with Gasteiger partial charge in [-0.1, -0.05) is 36.4 Å². The lowest BCUT2D eigenvalue weighted by Gasteiger charge is -2.06. The summed E-state index contributed by atoms with van der Waals surface area (Å²) in [6.07, 6.45) is 4.86. The smallest absolute Gasteiger partial charge is 0.269 e. The molecule has 2 aromatic heterocycles. The number of benzene rings is 2. The van der Waals surface area contributed by atoms with E-state index in [9.17, 15) is 14.9 Å². The Morgan fingerprint density at radius 3 is 2.50 bits per heavy atom. The van der Waals surface area contributed by atoms with Gasteiger partial charge in [0.1, 0.15) is 17.2 Å². The third kappa shape index (κ3) is 3.81. The van der Waals surface area contributed by atoms with Crippen molar-refractivity contribution in [2.75, 3.05) is 5.32 Å². The van der Waals surface area contributed by atoms with E-state index >= 15 is 0 Å². The normalized spacial score (nSPS) is 11.1. The maximum atomic E-state index is 12.6. The number of nitro benzene ring substituents is 1. The number of rotatable bonds is 5. The van der Waals surface area contributed by atoms with Gasteiger partial charge in [-0.15, -0.1) is 0 Å². The number of carbonyl (C=O) groups is 1. The number of nitrogens with zero attached hydrogens (tertiary/aromatic N) is 3. The highest BCUT2D eigenvalue weighted by atomic mass is 16.6. The molecular formula is C23H18N4O3. The summed E-state index contributed by atoms with van der Waals surface area (Å²) < 4.78 is 1.86. The van der Waals surface area contributed by atoms with Gasteiger partial charge in [-0.25, -0.2) is 4.98 Å². The second-order valence-corrected chi connectivity index (χ2v) is 6.73. The molecule has 0 radical (unpaired) electrons. The molecule has 7 heteroatoms. The van der Waals surface area contributed by atoms with Crippen LogP contribution in [0.15, 0.2) is 79.0 Å². The average molecular weight is 398 g/mol. The monoisotopic (exact) mass is 398 g/mol. The quantitative estimate of drug-likeness (QED) is 0.295. The van der Waals surface area contributed by atoms with Gasteiger partial charge in [0.2, 0.25) is 5.91 Å². The number of anilines is 1. The number of nitrogens with one attached hydrogen (secondary N) is 1. The van der Waals surface area contributed by atoms with Crippen LogP contribution in [-0.2, 0) is 4.79 Å². The number of carbonyl (C=O) groups excluding carboxylic acids is 1. The first kappa shape index (κ1) is 19.1. The van der Waals surface area contributed by atoms with E-state index in [1.807, 2.05) is 60.0 Å². The van der Waals surface area contributed by atoms with Crippen molar-refractivity contribution in [3.8, 4) is 11.3 Å². The summed E-state index contributed by atoms with van der Waals surface area (Å²) in [7, 11) is 0. The first-order valence-corrected chi connectivity index (χ1v) is 9.29. The number of hydrogen-bond acceptors (Lipinski definition) is 4. The Labute approximate surface area is 172 Å². The Bertz CT molecular complexity index is 1260. The van der Waals surface area contributed by atoms with Crippen LogP contribution in [0, 0.1) is 17.0 Å². The maximum absolute atomic E-state index is 12.6. The fourth-order valence-corrected chi connectivity index (χ4v) is 3.16. The van der Waals surface area contributed by atoms with E-state index in [4.69, 9.17) is 4.98 Å². The zero-order chi connectivity index (χ0) is 21.1. The molecular weight excluding hydrogens is 380 g/mol. The minimum absolute atomic E-state index is 0.00482. The first-order chi connectivity index (χ1) is 14.5. The molecule has 0 saturated carbocycles. The lowest BCUT2D eigenvalue weighted by molar-refractivity contribution is -0.384. The second-order valence-electron chi connectivity index (χ2n) is 6.73. The van der Waals surface area contributed by atoms with Gasteiger partial charge >= 0.3 is 0 Å². The summed E-state index contributed by atoms with van der Waals surface area (Å²) in [5, 5.41) is 13.7. The van der Waals surface area contributed by atoms with Gasteiger partial charge in [0, 0.05) is 30.0 Å². The van der Waals surface area contributed by atoms with Crippen molar-refractivity contribution in [3.63, 3.8) is 0 Å². The molecule has 2 heterocycles. The Hall–Kier alpha value is -4.26. The fraction of sp³-hybridized carbons (Fsp3) is 0.0435. The van der Waals surface area contributed by atoms with E-state index in [0.717, 1.165) is 16.8 Å². The predicted molar refractivity (Wildman–Crippen MR) is 116 cm³/mol. The van der Waals surface area contributed by atoms with Gasteiger partial charge in [-0.05, 0) is 42.3 Å². The maximum Gasteiger partial charge on any atom is 0.269 e. The molecule has 148 valence electrons. The van der Waals surface area contributed by atoms with Crippen LogP contribution in [0.25, 0.3) is 23.0 Å². The lowest BCUT2D eigenvalue weighted by Crippen LogP contribution is -2.10. The lowest BCUT2D eigenvalue weighted by atomic mass is 10.1. The molecule has 0 spiro atoms. The van der Waals surface area contributed by atoms with Crippen LogP contribution in [0.4, 0.5) is 11.5 Å². The van der Waals surface area contributed by atoms with Gasteiger partial charge in [0.15, 0.2) is 0 Å². The number of pyridine rings is 1. The molecule has 1 amide bonds. The van der Waals surface area contributed by atoms with Crippen LogP contribution < -0.4 is 5.32 Å². The predicted octanol–water partition coefficient (Wildman–Crippen LogP) is 4.87. The number of aryl methyl sites for hydroxylation is 1. The van der Waals surface area contributed by atoms with E-state index in [1.165, 1.54) is 18.2 Å². The number of hydrogen-bond donors (Lipinski definition) is 1. The van der Waals surface area contributed by atoms with Gasteiger partial charge in [0.05, 0.1) is 4.92 Å². The number of non-ortho nitro benzene ring substituents is 1. The molecule has 0 atom stereocenters. The summed E-state index contributed by atoms with van der Waals surface area (Å²) in [5.74, 6) is 0.257. The SMILES string of the molecule is Cc1cccn2c(NC(=O)/C=C/c3ccc([N+](=O)[O-])cc3)c(-c3ccccc3)nc12. The van der Waals surface area contributed by atoms with Crippen molar-refractivity contribution in [3.05, 3.63) is 100 Å². The van der Waals surface area contributed by atoms with Crippen molar-refractivity contribution in [2.24, 2.45) is 0 Å². The molecule has 0 fully saturated rings. The third-order valence-electron chi connectivity index (χ3n) is 4.67. The highest BCUT2D eigenvalue weighted by Crippen LogP contribution is 2.29. The summed E-state index contributed by atoms with van der Waals surface area (Å²) in [4.78, 5) is 27.7. The Morgan fingerprint density at radius 2 is 1.80 bits per heavy atom. The van der Waals surface area contributed by atoms with E-state index in [0.29, 0.717) is 17.1 Å². The molecule has 0 saturated heterocycles. The molecule has 0 aliphatic carbocycles. The van der Waals surface area contributed by atoms with Crippen molar-refractivity contribution < 1.29 is 9.72 Å². The topological polar surface area (TPSA) is 89.5 Å². The van der Waals surface area contributed by atoms with E-state index in [-0.39, 0.29) is 11.6 Å². The molecule has 30 heavy (non-hydrogen) atoms. The van der Waals surface area contributed by atoms with Gasteiger partial charge < -0.3 is 5.32 Å². The van der Waals surface area contributed by atoms with Crippen molar-refractivity contribution in [2.45, 2.75) is 6.92 Å². The molecule has 0 unspecified atom stereocenters. The third-order valence-corrected chi connectivity index (χ3v) is 4.67. The zero-order valence-corrected chi connectivity index (χ0v) is 16.1. The molecule has 4 rings (SSSR count).